The van der Waals surface area contributed by atoms with E-state index in [-0.39, 0.29) is 17.8 Å². The summed E-state index contributed by atoms with van der Waals surface area (Å²) in [6.07, 6.45) is 0. The number of aromatic nitrogens is 3. The van der Waals surface area contributed by atoms with Crippen molar-refractivity contribution < 1.29 is 9.53 Å². The van der Waals surface area contributed by atoms with E-state index in [4.69, 9.17) is 10.6 Å². The van der Waals surface area contributed by atoms with E-state index >= 15 is 0 Å². The molecule has 0 radical (unpaired) electrons. The number of hydrogen-bond donors (Lipinski definition) is 2. The smallest absolute Gasteiger partial charge is 0.233 e. The molecule has 3 N–H and O–H groups in total. The molecule has 2 aromatic carbocycles. The Balaban J connectivity index is 1.54. The van der Waals surface area contributed by atoms with Gasteiger partial charge in [-0.05, 0) is 56.5 Å². The monoisotopic (exact) mass is 425 g/mol. The van der Waals surface area contributed by atoms with Crippen LogP contribution in [0, 0.1) is 20.8 Å². The molecule has 0 bridgehead atoms. The second-order valence-corrected chi connectivity index (χ2v) is 8.65. The number of rotatable bonds is 8. The van der Waals surface area contributed by atoms with Crippen molar-refractivity contribution in [3.8, 4) is 5.75 Å². The van der Waals surface area contributed by atoms with Crippen LogP contribution in [0.4, 0.5) is 0 Å². The van der Waals surface area contributed by atoms with Gasteiger partial charge in [-0.15, -0.1) is 10.2 Å². The first kappa shape index (κ1) is 21.7. The van der Waals surface area contributed by atoms with Gasteiger partial charge in [0.15, 0.2) is 5.82 Å². The number of amides is 1. The number of ether oxygens (including phenoxy) is 1. The second kappa shape index (κ2) is 9.67. The third-order valence-corrected chi connectivity index (χ3v) is 5.59. The lowest BCUT2D eigenvalue weighted by Gasteiger charge is -2.12. The Bertz CT molecular complexity index is 997. The van der Waals surface area contributed by atoms with Gasteiger partial charge in [0.25, 0.3) is 0 Å². The number of nitrogens with zero attached hydrogens (tertiary/aromatic N) is 3. The molecule has 30 heavy (non-hydrogen) atoms. The molecule has 1 heterocycles. The number of nitrogens with two attached hydrogens (primary N) is 1. The van der Waals surface area contributed by atoms with Crippen LogP contribution in [0.25, 0.3) is 0 Å². The van der Waals surface area contributed by atoms with E-state index in [0.717, 1.165) is 22.4 Å². The first-order chi connectivity index (χ1) is 14.3. The predicted molar refractivity (Wildman–Crippen MR) is 119 cm³/mol. The Morgan fingerprint density at radius 1 is 1.10 bits per heavy atom. The van der Waals surface area contributed by atoms with Crippen LogP contribution in [0.1, 0.15) is 35.0 Å². The van der Waals surface area contributed by atoms with Gasteiger partial charge in [0.2, 0.25) is 11.1 Å². The van der Waals surface area contributed by atoms with Crippen molar-refractivity contribution in [2.24, 2.45) is 0 Å². The molecule has 0 aliphatic heterocycles. The lowest BCUT2D eigenvalue weighted by Crippen LogP contribution is -2.31. The van der Waals surface area contributed by atoms with Crippen molar-refractivity contribution in [3.05, 3.63) is 70.5 Å². The topological polar surface area (TPSA) is 95.1 Å². The van der Waals surface area contributed by atoms with Crippen molar-refractivity contribution in [1.82, 2.24) is 20.2 Å². The highest BCUT2D eigenvalue weighted by Crippen LogP contribution is 2.22. The molecule has 0 aliphatic rings. The van der Waals surface area contributed by atoms with Crippen molar-refractivity contribution in [3.63, 3.8) is 0 Å². The number of carbonyl (C=O) groups is 1. The standard InChI is InChI=1S/C22H27N5O2S/c1-14-5-7-18(8-6-14)12-24-21(28)17(4)30-22-26-25-20(27(22)23)13-29-19-10-15(2)9-16(3)11-19/h5-11,17H,12-13,23H2,1-4H3,(H,24,28). The summed E-state index contributed by atoms with van der Waals surface area (Å²) in [4.78, 5) is 12.4. The molecule has 158 valence electrons. The fraction of sp³-hybridized carbons (Fsp3) is 0.318. The van der Waals surface area contributed by atoms with Gasteiger partial charge < -0.3 is 15.9 Å². The molecule has 3 aromatic rings. The van der Waals surface area contributed by atoms with E-state index in [1.54, 1.807) is 0 Å². The van der Waals surface area contributed by atoms with Gasteiger partial charge in [0.05, 0.1) is 5.25 Å². The summed E-state index contributed by atoms with van der Waals surface area (Å²) in [5, 5.41) is 11.2. The van der Waals surface area contributed by atoms with E-state index < -0.39 is 0 Å². The maximum Gasteiger partial charge on any atom is 0.233 e. The summed E-state index contributed by atoms with van der Waals surface area (Å²) in [6.45, 7) is 8.56. The molecule has 8 heteroatoms. The Morgan fingerprint density at radius 2 is 1.77 bits per heavy atom. The zero-order valence-electron chi connectivity index (χ0n) is 17.7. The minimum Gasteiger partial charge on any atom is -0.486 e. The van der Waals surface area contributed by atoms with Crippen LogP contribution in [0.2, 0.25) is 0 Å². The number of nitrogens with one attached hydrogen (secondary N) is 1. The number of aryl methyl sites for hydroxylation is 3. The summed E-state index contributed by atoms with van der Waals surface area (Å²) in [6, 6.07) is 14.1. The maximum atomic E-state index is 12.4. The molecule has 1 aromatic heterocycles. The maximum absolute atomic E-state index is 12.4. The third-order valence-electron chi connectivity index (χ3n) is 4.54. The summed E-state index contributed by atoms with van der Waals surface area (Å²) < 4.78 is 7.18. The molecule has 0 saturated heterocycles. The van der Waals surface area contributed by atoms with Crippen LogP contribution in [0.3, 0.4) is 0 Å². The van der Waals surface area contributed by atoms with Crippen molar-refractivity contribution in [2.45, 2.75) is 51.3 Å². The van der Waals surface area contributed by atoms with Crippen LogP contribution in [-0.4, -0.2) is 26.0 Å². The molecule has 0 saturated carbocycles. The predicted octanol–water partition coefficient (Wildman–Crippen LogP) is 3.29. The Morgan fingerprint density at radius 3 is 2.43 bits per heavy atom. The molecule has 0 fully saturated rings. The molecule has 1 amide bonds. The van der Waals surface area contributed by atoms with Gasteiger partial charge in [-0.2, -0.15) is 0 Å². The van der Waals surface area contributed by atoms with Crippen LogP contribution in [0.15, 0.2) is 47.6 Å². The second-order valence-electron chi connectivity index (χ2n) is 7.34. The van der Waals surface area contributed by atoms with Gasteiger partial charge in [-0.3, -0.25) is 4.79 Å². The quantitative estimate of drug-likeness (QED) is 0.425. The van der Waals surface area contributed by atoms with Crippen LogP contribution in [0.5, 0.6) is 5.75 Å². The Labute approximate surface area is 181 Å². The highest BCUT2D eigenvalue weighted by Gasteiger charge is 2.19. The molecule has 0 spiro atoms. The van der Waals surface area contributed by atoms with Crippen molar-refractivity contribution in [1.29, 1.82) is 0 Å². The highest BCUT2D eigenvalue weighted by atomic mass is 32.2. The molecular weight excluding hydrogens is 398 g/mol. The summed E-state index contributed by atoms with van der Waals surface area (Å²) >= 11 is 1.26. The van der Waals surface area contributed by atoms with Gasteiger partial charge in [-0.25, -0.2) is 4.68 Å². The van der Waals surface area contributed by atoms with E-state index in [1.807, 2.05) is 64.1 Å². The van der Waals surface area contributed by atoms with Crippen LogP contribution >= 0.6 is 11.8 Å². The van der Waals surface area contributed by atoms with Crippen molar-refractivity contribution in [2.75, 3.05) is 5.84 Å². The lowest BCUT2D eigenvalue weighted by atomic mass is 10.1. The highest BCUT2D eigenvalue weighted by molar-refractivity contribution is 8.00. The molecule has 1 atom stereocenters. The fourth-order valence-corrected chi connectivity index (χ4v) is 3.71. The zero-order chi connectivity index (χ0) is 21.7. The van der Waals surface area contributed by atoms with E-state index in [0.29, 0.717) is 17.5 Å². The van der Waals surface area contributed by atoms with Gasteiger partial charge in [0, 0.05) is 6.54 Å². The number of benzene rings is 2. The van der Waals surface area contributed by atoms with Crippen LogP contribution < -0.4 is 15.9 Å². The first-order valence-corrected chi connectivity index (χ1v) is 10.6. The lowest BCUT2D eigenvalue weighted by molar-refractivity contribution is -0.120. The van der Waals surface area contributed by atoms with Gasteiger partial charge in [-0.1, -0.05) is 47.7 Å². The molecule has 1 unspecified atom stereocenters. The number of carbonyl (C=O) groups excluding carboxylic acids is 1. The number of nitrogen functional groups attached to an aromatic ring is 1. The fourth-order valence-electron chi connectivity index (χ4n) is 2.90. The van der Waals surface area contributed by atoms with Gasteiger partial charge in [0.1, 0.15) is 12.4 Å². The summed E-state index contributed by atoms with van der Waals surface area (Å²) in [7, 11) is 0. The SMILES string of the molecule is Cc1ccc(CNC(=O)C(C)Sc2nnc(COc3cc(C)cc(C)c3)n2N)cc1. The molecular formula is C22H27N5O2S. The molecule has 3 rings (SSSR count). The minimum absolute atomic E-state index is 0.0865. The van der Waals surface area contributed by atoms with Gasteiger partial charge >= 0.3 is 0 Å². The first-order valence-electron chi connectivity index (χ1n) is 9.72. The average molecular weight is 426 g/mol. The Hall–Kier alpha value is -3.00. The zero-order valence-corrected chi connectivity index (χ0v) is 18.5. The third kappa shape index (κ3) is 5.76. The average Bonchev–Trinajstić information content (AvgIpc) is 3.04. The van der Waals surface area contributed by atoms with Crippen molar-refractivity contribution >= 4 is 17.7 Å². The Kier molecular flexibility index (Phi) is 6.99. The number of hydrogen-bond acceptors (Lipinski definition) is 6. The van der Waals surface area contributed by atoms with E-state index in [2.05, 4.69) is 21.6 Å². The largest absolute Gasteiger partial charge is 0.486 e. The van der Waals surface area contributed by atoms with E-state index in [9.17, 15) is 4.79 Å². The minimum atomic E-state index is -0.366. The van der Waals surface area contributed by atoms with Crippen LogP contribution in [-0.2, 0) is 17.9 Å². The normalized spacial score (nSPS) is 11.9. The molecule has 0 aliphatic carbocycles. The van der Waals surface area contributed by atoms with E-state index in [1.165, 1.54) is 22.0 Å². The molecule has 7 nitrogen and oxygen atoms in total. The summed E-state index contributed by atoms with van der Waals surface area (Å²) in [5.41, 5.74) is 4.49. The summed E-state index contributed by atoms with van der Waals surface area (Å²) in [5.74, 6) is 7.28. The number of thioether (sulfide) groups is 1.